The van der Waals surface area contributed by atoms with Crippen LogP contribution in [0.5, 0.6) is 0 Å². The number of carbonyl (C=O) groups is 2. The largest absolute Gasteiger partial charge is 0.268 e. The fourth-order valence-electron chi connectivity index (χ4n) is 5.03. The molecule has 4 nitrogen and oxygen atoms in total. The number of aromatic nitrogens is 1. The van der Waals surface area contributed by atoms with E-state index in [-0.39, 0.29) is 17.1 Å². The molecule has 0 radical (unpaired) electrons. The molecule has 2 heterocycles. The maximum absolute atomic E-state index is 13.5. The molecule has 1 aromatic heterocycles. The first kappa shape index (κ1) is 22.9. The van der Waals surface area contributed by atoms with Crippen molar-refractivity contribution in [2.24, 2.45) is 0 Å². The molecule has 5 aromatic carbocycles. The molecular formula is C32H20N2O2S2. The van der Waals surface area contributed by atoms with Crippen molar-refractivity contribution < 1.29 is 9.59 Å². The van der Waals surface area contributed by atoms with Gasteiger partial charge in [0.05, 0.1) is 21.2 Å². The minimum atomic E-state index is -0.300. The zero-order valence-corrected chi connectivity index (χ0v) is 21.7. The van der Waals surface area contributed by atoms with Crippen molar-refractivity contribution in [1.82, 2.24) is 4.98 Å². The molecule has 7 rings (SSSR count). The topological polar surface area (TPSA) is 50.3 Å². The molecule has 1 aliphatic rings. The summed E-state index contributed by atoms with van der Waals surface area (Å²) >= 11 is 3.29. The van der Waals surface area contributed by atoms with Gasteiger partial charge >= 0.3 is 0 Å². The van der Waals surface area contributed by atoms with Gasteiger partial charge < -0.3 is 0 Å². The fraction of sp³-hybridized carbons (Fsp3) is 0.0312. The maximum Gasteiger partial charge on any atom is 0.265 e. The highest BCUT2D eigenvalue weighted by molar-refractivity contribution is 8.01. The number of anilines is 1. The predicted molar refractivity (Wildman–Crippen MR) is 155 cm³/mol. The first-order valence-corrected chi connectivity index (χ1v) is 13.9. The third-order valence-corrected chi connectivity index (χ3v) is 9.23. The van der Waals surface area contributed by atoms with Crippen LogP contribution in [0.25, 0.3) is 21.0 Å². The van der Waals surface area contributed by atoms with Crippen molar-refractivity contribution in [3.8, 4) is 0 Å². The van der Waals surface area contributed by atoms with Crippen LogP contribution in [-0.4, -0.2) is 16.8 Å². The van der Waals surface area contributed by atoms with Crippen LogP contribution in [-0.2, 0) is 0 Å². The highest BCUT2D eigenvalue weighted by Crippen LogP contribution is 2.44. The van der Waals surface area contributed by atoms with Gasteiger partial charge in [0.15, 0.2) is 4.34 Å². The van der Waals surface area contributed by atoms with E-state index in [2.05, 4.69) is 48.5 Å². The van der Waals surface area contributed by atoms with Gasteiger partial charge in [-0.25, -0.2) is 9.88 Å². The molecule has 0 N–H and O–H groups in total. The van der Waals surface area contributed by atoms with E-state index >= 15 is 0 Å². The summed E-state index contributed by atoms with van der Waals surface area (Å²) in [5.74, 6) is -0.600. The van der Waals surface area contributed by atoms with Crippen molar-refractivity contribution >= 4 is 61.6 Å². The van der Waals surface area contributed by atoms with Gasteiger partial charge in [-0.1, -0.05) is 96.7 Å². The first-order valence-electron chi connectivity index (χ1n) is 12.2. The molecule has 0 saturated heterocycles. The van der Waals surface area contributed by atoms with Crippen LogP contribution in [0, 0.1) is 0 Å². The van der Waals surface area contributed by atoms with Crippen LogP contribution in [0.4, 0.5) is 5.69 Å². The van der Waals surface area contributed by atoms with Gasteiger partial charge in [-0.3, -0.25) is 9.59 Å². The van der Waals surface area contributed by atoms with E-state index in [1.165, 1.54) is 16.0 Å². The third-order valence-electron chi connectivity index (χ3n) is 6.81. The molecule has 0 saturated carbocycles. The van der Waals surface area contributed by atoms with E-state index in [0.717, 1.165) is 25.3 Å². The van der Waals surface area contributed by atoms with Gasteiger partial charge in [0, 0.05) is 16.5 Å². The Bertz CT molecular complexity index is 1760. The molecule has 6 aromatic rings. The minimum absolute atomic E-state index is 0.0969. The molecule has 0 spiro atoms. The predicted octanol–water partition coefficient (Wildman–Crippen LogP) is 8.13. The minimum Gasteiger partial charge on any atom is -0.268 e. The molecule has 182 valence electrons. The fourth-order valence-corrected chi connectivity index (χ4v) is 7.45. The number of imide groups is 1. The van der Waals surface area contributed by atoms with Gasteiger partial charge in [-0.05, 0) is 46.8 Å². The van der Waals surface area contributed by atoms with E-state index in [1.807, 2.05) is 54.6 Å². The maximum atomic E-state index is 13.5. The molecule has 0 unspecified atom stereocenters. The number of rotatable bonds is 5. The van der Waals surface area contributed by atoms with Gasteiger partial charge in [-0.2, -0.15) is 0 Å². The van der Waals surface area contributed by atoms with Crippen LogP contribution in [0.15, 0.2) is 120 Å². The van der Waals surface area contributed by atoms with Crippen molar-refractivity contribution in [2.75, 3.05) is 4.90 Å². The van der Waals surface area contributed by atoms with E-state index in [1.54, 1.807) is 35.2 Å². The van der Waals surface area contributed by atoms with Gasteiger partial charge in [0.25, 0.3) is 11.8 Å². The van der Waals surface area contributed by atoms with Crippen molar-refractivity contribution in [1.29, 1.82) is 0 Å². The number of nitrogens with zero attached hydrogens (tertiary/aromatic N) is 2. The average Bonchev–Trinajstić information content (AvgIpc) is 3.37. The van der Waals surface area contributed by atoms with Crippen LogP contribution < -0.4 is 4.90 Å². The Morgan fingerprint density at radius 1 is 0.684 bits per heavy atom. The number of thiazole rings is 1. The second-order valence-corrected chi connectivity index (χ2v) is 11.5. The van der Waals surface area contributed by atoms with Crippen LogP contribution in [0.3, 0.4) is 0 Å². The van der Waals surface area contributed by atoms with Crippen molar-refractivity contribution in [3.63, 3.8) is 0 Å². The molecule has 2 amide bonds. The highest BCUT2D eigenvalue weighted by atomic mass is 32.2. The summed E-state index contributed by atoms with van der Waals surface area (Å²) in [4.78, 5) is 33.2. The molecule has 1 aliphatic heterocycles. The SMILES string of the molecule is O=C1c2cccc3cccc(c23)C(=O)N1c1ccc2nc(SC(c3ccccc3)c3ccccc3)sc2c1. The van der Waals surface area contributed by atoms with Crippen molar-refractivity contribution in [3.05, 3.63) is 138 Å². The Hall–Kier alpha value is -4.26. The number of hydrogen-bond acceptors (Lipinski definition) is 5. The quantitative estimate of drug-likeness (QED) is 0.167. The summed E-state index contributed by atoms with van der Waals surface area (Å²) in [5, 5.41) is 1.72. The lowest BCUT2D eigenvalue weighted by Gasteiger charge is -2.27. The molecule has 0 fully saturated rings. The number of carbonyl (C=O) groups excluding carboxylic acids is 2. The van der Waals surface area contributed by atoms with Crippen LogP contribution >= 0.6 is 23.1 Å². The number of benzene rings is 5. The smallest absolute Gasteiger partial charge is 0.265 e. The van der Waals surface area contributed by atoms with E-state index in [0.29, 0.717) is 16.8 Å². The van der Waals surface area contributed by atoms with E-state index in [9.17, 15) is 9.59 Å². The molecular weight excluding hydrogens is 508 g/mol. The lowest BCUT2D eigenvalue weighted by Crippen LogP contribution is -2.40. The first-order chi connectivity index (χ1) is 18.7. The lowest BCUT2D eigenvalue weighted by atomic mass is 9.94. The van der Waals surface area contributed by atoms with Crippen molar-refractivity contribution in [2.45, 2.75) is 9.59 Å². The number of hydrogen-bond donors (Lipinski definition) is 0. The molecule has 0 aliphatic carbocycles. The number of thioether (sulfide) groups is 1. The molecule has 6 heteroatoms. The molecule has 0 atom stereocenters. The van der Waals surface area contributed by atoms with Gasteiger partial charge in [-0.15, -0.1) is 11.3 Å². The molecule has 38 heavy (non-hydrogen) atoms. The monoisotopic (exact) mass is 528 g/mol. The van der Waals surface area contributed by atoms with E-state index < -0.39 is 0 Å². The summed E-state index contributed by atoms with van der Waals surface area (Å²) in [7, 11) is 0. The standard InChI is InChI=1S/C32H20N2O2S2/c35-30-24-15-7-13-20-14-8-16-25(28(20)24)31(36)34(30)23-17-18-26-27(19-23)37-32(33-26)38-29(21-9-3-1-4-10-21)22-11-5-2-6-12-22/h1-19,29H. The van der Waals surface area contributed by atoms with E-state index in [4.69, 9.17) is 4.98 Å². The molecule has 0 bridgehead atoms. The second-order valence-electron chi connectivity index (χ2n) is 9.11. The van der Waals surface area contributed by atoms with Crippen LogP contribution in [0.2, 0.25) is 0 Å². The summed E-state index contributed by atoms with van der Waals surface area (Å²) in [6.07, 6.45) is 0. The average molecular weight is 529 g/mol. The van der Waals surface area contributed by atoms with Gasteiger partial charge in [0.1, 0.15) is 0 Å². The Kier molecular flexibility index (Phi) is 5.57. The lowest BCUT2D eigenvalue weighted by molar-refractivity contribution is 0.0893. The summed E-state index contributed by atoms with van der Waals surface area (Å²) in [6, 6.07) is 37.6. The normalized spacial score (nSPS) is 13.1. The Balaban J connectivity index is 1.26. The second kappa shape index (κ2) is 9.24. The van der Waals surface area contributed by atoms with Crippen LogP contribution in [0.1, 0.15) is 37.1 Å². The van der Waals surface area contributed by atoms with Gasteiger partial charge in [0.2, 0.25) is 0 Å². The Morgan fingerprint density at radius 3 is 1.89 bits per heavy atom. The highest BCUT2D eigenvalue weighted by Gasteiger charge is 2.34. The summed E-state index contributed by atoms with van der Waals surface area (Å²) in [6.45, 7) is 0. The number of amides is 2. The number of fused-ring (bicyclic) bond motifs is 1. The zero-order chi connectivity index (χ0) is 25.6. The Morgan fingerprint density at radius 2 is 1.29 bits per heavy atom. The summed E-state index contributed by atoms with van der Waals surface area (Å²) < 4.78 is 1.86. The Labute approximate surface area is 227 Å². The summed E-state index contributed by atoms with van der Waals surface area (Å²) in [5.41, 5.74) is 4.92. The zero-order valence-electron chi connectivity index (χ0n) is 20.1. The third kappa shape index (κ3) is 3.81.